The predicted molar refractivity (Wildman–Crippen MR) is 61.7 cm³/mol. The highest BCUT2D eigenvalue weighted by atomic mass is 127. The Bertz CT molecular complexity index is 213. The lowest BCUT2D eigenvalue weighted by molar-refractivity contribution is 1.47. The zero-order valence-electron chi connectivity index (χ0n) is 5.27. The van der Waals surface area contributed by atoms with Crippen molar-refractivity contribution in [1.82, 2.24) is 0 Å². The predicted octanol–water partition coefficient (Wildman–Crippen LogP) is 3.10. The molecule has 54 valence electrons. The molecule has 1 N–H and O–H groups in total. The maximum absolute atomic E-state index is 3.25. The summed E-state index contributed by atoms with van der Waals surface area (Å²) in [5, 5.41) is 3.25. The van der Waals surface area contributed by atoms with E-state index in [9.17, 15) is 0 Å². The Kier molecular flexibility index (Phi) is 3.75. The molecular formula is C7H7I2N. The Morgan fingerprint density at radius 2 is 2.00 bits per heavy atom. The molecule has 1 aromatic rings. The third-order valence-electron chi connectivity index (χ3n) is 1.13. The Hall–Kier alpha value is 0.480. The molecule has 0 spiro atoms. The number of nitrogens with one attached hydrogen (secondary N) is 1. The lowest BCUT2D eigenvalue weighted by Crippen LogP contribution is -1.94. The fourth-order valence-corrected chi connectivity index (χ4v) is 1.67. The van der Waals surface area contributed by atoms with Crippen LogP contribution in [0.4, 0.5) is 5.69 Å². The van der Waals surface area contributed by atoms with Gasteiger partial charge in [-0.3, -0.25) is 0 Å². The van der Waals surface area contributed by atoms with E-state index in [2.05, 4.69) is 62.6 Å². The molecule has 0 aliphatic heterocycles. The first-order chi connectivity index (χ1) is 4.84. The molecule has 10 heavy (non-hydrogen) atoms. The number of anilines is 1. The summed E-state index contributed by atoms with van der Waals surface area (Å²) in [5.74, 6) is 0. The summed E-state index contributed by atoms with van der Waals surface area (Å²) in [6.07, 6.45) is 0. The molecule has 0 amide bonds. The molecule has 0 aliphatic rings. The number of hydrogen-bond acceptors (Lipinski definition) is 1. The van der Waals surface area contributed by atoms with Crippen molar-refractivity contribution >= 4 is 50.9 Å². The Labute approximate surface area is 87.9 Å². The molecule has 1 nitrogen and oxygen atoms in total. The molecule has 1 rings (SSSR count). The van der Waals surface area contributed by atoms with Crippen LogP contribution >= 0.6 is 45.2 Å². The number of alkyl halides is 1. The zero-order chi connectivity index (χ0) is 7.40. The number of hydrogen-bond donors (Lipinski definition) is 1. The van der Waals surface area contributed by atoms with Crippen molar-refractivity contribution in [1.29, 1.82) is 0 Å². The van der Waals surface area contributed by atoms with Crippen LogP contribution in [0.1, 0.15) is 0 Å². The molecule has 0 radical (unpaired) electrons. The van der Waals surface area contributed by atoms with E-state index in [4.69, 9.17) is 0 Å². The van der Waals surface area contributed by atoms with Gasteiger partial charge < -0.3 is 5.32 Å². The number of halogens is 2. The summed E-state index contributed by atoms with van der Waals surface area (Å²) >= 11 is 4.61. The second kappa shape index (κ2) is 4.38. The van der Waals surface area contributed by atoms with Gasteiger partial charge in [-0.2, -0.15) is 0 Å². The van der Waals surface area contributed by atoms with Crippen LogP contribution in [-0.2, 0) is 0 Å². The second-order valence-electron chi connectivity index (χ2n) is 1.79. The number of benzene rings is 1. The van der Waals surface area contributed by atoms with Gasteiger partial charge >= 0.3 is 0 Å². The van der Waals surface area contributed by atoms with E-state index in [-0.39, 0.29) is 0 Å². The summed E-state index contributed by atoms with van der Waals surface area (Å²) in [7, 11) is 0. The molecule has 0 heterocycles. The number of rotatable bonds is 2. The van der Waals surface area contributed by atoms with E-state index >= 15 is 0 Å². The minimum absolute atomic E-state index is 0.956. The summed E-state index contributed by atoms with van der Waals surface area (Å²) in [6.45, 7) is 0. The molecule has 0 aromatic heterocycles. The molecule has 0 fully saturated rings. The van der Waals surface area contributed by atoms with Gasteiger partial charge in [0.1, 0.15) is 0 Å². The van der Waals surface area contributed by atoms with Crippen LogP contribution in [0.2, 0.25) is 0 Å². The van der Waals surface area contributed by atoms with Crippen LogP contribution in [0.5, 0.6) is 0 Å². The monoisotopic (exact) mass is 359 g/mol. The fourth-order valence-electron chi connectivity index (χ4n) is 0.677. The van der Waals surface area contributed by atoms with Crippen LogP contribution < -0.4 is 5.32 Å². The normalized spacial score (nSPS) is 9.40. The van der Waals surface area contributed by atoms with Gasteiger partial charge in [0.2, 0.25) is 0 Å². The first-order valence-corrected chi connectivity index (χ1v) is 5.49. The van der Waals surface area contributed by atoms with E-state index in [1.165, 1.54) is 9.26 Å². The van der Waals surface area contributed by atoms with Crippen molar-refractivity contribution in [2.24, 2.45) is 0 Å². The van der Waals surface area contributed by atoms with Gasteiger partial charge in [0, 0.05) is 9.26 Å². The minimum Gasteiger partial charge on any atom is -0.375 e. The van der Waals surface area contributed by atoms with Crippen molar-refractivity contribution in [2.45, 2.75) is 0 Å². The first kappa shape index (κ1) is 8.58. The van der Waals surface area contributed by atoms with Crippen LogP contribution in [-0.4, -0.2) is 4.55 Å². The summed E-state index contributed by atoms with van der Waals surface area (Å²) in [4.78, 5) is 0. The van der Waals surface area contributed by atoms with Crippen LogP contribution in [0.3, 0.4) is 0 Å². The van der Waals surface area contributed by atoms with E-state index in [0.29, 0.717) is 0 Å². The zero-order valence-corrected chi connectivity index (χ0v) is 9.59. The van der Waals surface area contributed by atoms with E-state index in [1.54, 1.807) is 0 Å². The maximum atomic E-state index is 3.25. The van der Waals surface area contributed by atoms with Crippen molar-refractivity contribution in [3.05, 3.63) is 27.8 Å². The van der Waals surface area contributed by atoms with Crippen molar-refractivity contribution < 1.29 is 0 Å². The second-order valence-corrected chi connectivity index (χ2v) is 3.72. The molecule has 0 bridgehead atoms. The average Bonchev–Trinajstić information content (AvgIpc) is 1.94. The Balaban J connectivity index is 2.81. The van der Waals surface area contributed by atoms with Gasteiger partial charge in [0.05, 0.1) is 4.55 Å². The Morgan fingerprint density at radius 1 is 1.30 bits per heavy atom. The SMILES string of the molecule is ICNc1ccccc1I. The third-order valence-corrected chi connectivity index (χ3v) is 2.45. The minimum atomic E-state index is 0.956. The molecule has 0 aliphatic carbocycles. The summed E-state index contributed by atoms with van der Waals surface area (Å²) in [5.41, 5.74) is 1.22. The molecular weight excluding hydrogens is 352 g/mol. The van der Waals surface area contributed by atoms with Gasteiger partial charge in [-0.1, -0.05) is 34.7 Å². The highest BCUT2D eigenvalue weighted by molar-refractivity contribution is 14.1. The average molecular weight is 359 g/mol. The standard InChI is InChI=1S/C7H7I2N/c8-5-10-7-4-2-1-3-6(7)9/h1-4,10H,5H2. The van der Waals surface area contributed by atoms with Gasteiger partial charge in [-0.25, -0.2) is 0 Å². The quantitative estimate of drug-likeness (QED) is 0.486. The van der Waals surface area contributed by atoms with Gasteiger partial charge in [-0.15, -0.1) is 0 Å². The fraction of sp³-hybridized carbons (Fsp3) is 0.143. The topological polar surface area (TPSA) is 12.0 Å². The molecule has 0 atom stereocenters. The maximum Gasteiger partial charge on any atom is 0.0671 e. The van der Waals surface area contributed by atoms with Gasteiger partial charge in [0.15, 0.2) is 0 Å². The van der Waals surface area contributed by atoms with Crippen molar-refractivity contribution in [3.8, 4) is 0 Å². The molecule has 1 aromatic carbocycles. The van der Waals surface area contributed by atoms with Crippen LogP contribution in [0, 0.1) is 3.57 Å². The van der Waals surface area contributed by atoms with E-state index in [0.717, 1.165) is 4.55 Å². The number of para-hydroxylation sites is 1. The smallest absolute Gasteiger partial charge is 0.0671 e. The molecule has 0 unspecified atom stereocenters. The van der Waals surface area contributed by atoms with Crippen LogP contribution in [0.25, 0.3) is 0 Å². The molecule has 0 saturated carbocycles. The highest BCUT2D eigenvalue weighted by Gasteiger charge is 1.92. The lowest BCUT2D eigenvalue weighted by atomic mass is 10.3. The van der Waals surface area contributed by atoms with Crippen molar-refractivity contribution in [3.63, 3.8) is 0 Å². The first-order valence-electron chi connectivity index (χ1n) is 2.89. The van der Waals surface area contributed by atoms with Gasteiger partial charge in [-0.05, 0) is 34.7 Å². The van der Waals surface area contributed by atoms with Crippen molar-refractivity contribution in [2.75, 3.05) is 9.87 Å². The summed E-state index contributed by atoms with van der Waals surface area (Å²) < 4.78 is 2.23. The van der Waals surface area contributed by atoms with E-state index < -0.39 is 0 Å². The largest absolute Gasteiger partial charge is 0.375 e. The molecule has 0 saturated heterocycles. The summed E-state index contributed by atoms with van der Waals surface area (Å²) in [6, 6.07) is 8.26. The Morgan fingerprint density at radius 3 is 2.60 bits per heavy atom. The highest BCUT2D eigenvalue weighted by Crippen LogP contribution is 2.16. The third kappa shape index (κ3) is 2.26. The van der Waals surface area contributed by atoms with Crippen LogP contribution in [0.15, 0.2) is 24.3 Å². The van der Waals surface area contributed by atoms with Gasteiger partial charge in [0.25, 0.3) is 0 Å². The lowest BCUT2D eigenvalue weighted by Gasteiger charge is -2.02. The molecule has 3 heteroatoms. The van der Waals surface area contributed by atoms with E-state index in [1.807, 2.05) is 12.1 Å².